The highest BCUT2D eigenvalue weighted by molar-refractivity contribution is 6.01. The lowest BCUT2D eigenvalue weighted by atomic mass is 10.2. The third-order valence-corrected chi connectivity index (χ3v) is 2.54. The lowest BCUT2D eigenvalue weighted by Gasteiger charge is -1.97. The maximum Gasteiger partial charge on any atom is 0.214 e. The number of hydrogen-bond donors (Lipinski definition) is 0. The zero-order valence-electron chi connectivity index (χ0n) is 9.24. The highest BCUT2D eigenvalue weighted by Crippen LogP contribution is 2.23. The van der Waals surface area contributed by atoms with Crippen LogP contribution in [0.1, 0.15) is 11.3 Å². The molecular formula is C12H12FN3. The van der Waals surface area contributed by atoms with Gasteiger partial charge in [0.25, 0.3) is 0 Å². The molecule has 2 aromatic rings. The van der Waals surface area contributed by atoms with Crippen molar-refractivity contribution in [2.24, 2.45) is 12.0 Å². The van der Waals surface area contributed by atoms with Crippen molar-refractivity contribution < 1.29 is 4.39 Å². The topological polar surface area (TPSA) is 30.2 Å². The maximum absolute atomic E-state index is 13.1. The third-order valence-electron chi connectivity index (χ3n) is 2.54. The smallest absolute Gasteiger partial charge is 0.214 e. The van der Waals surface area contributed by atoms with Crippen molar-refractivity contribution in [3.05, 3.63) is 35.9 Å². The van der Waals surface area contributed by atoms with Gasteiger partial charge in [0.2, 0.25) is 5.95 Å². The minimum Gasteiger partial charge on any atom is -0.328 e. The van der Waals surface area contributed by atoms with Gasteiger partial charge in [-0.25, -0.2) is 4.98 Å². The van der Waals surface area contributed by atoms with Crippen LogP contribution >= 0.6 is 0 Å². The van der Waals surface area contributed by atoms with Crippen LogP contribution in [-0.2, 0) is 7.05 Å². The summed E-state index contributed by atoms with van der Waals surface area (Å²) in [6.45, 7) is 3.75. The first-order valence-electron chi connectivity index (χ1n) is 4.88. The molecule has 0 aliphatic heterocycles. The molecule has 0 fully saturated rings. The highest BCUT2D eigenvalue weighted by atomic mass is 19.1. The number of hydrogen-bond acceptors (Lipinski definition) is 2. The Hall–Kier alpha value is -1.97. The largest absolute Gasteiger partial charge is 0.328 e. The van der Waals surface area contributed by atoms with E-state index in [4.69, 9.17) is 0 Å². The summed E-state index contributed by atoms with van der Waals surface area (Å²) in [5, 5.41) is 0.879. The fourth-order valence-corrected chi connectivity index (χ4v) is 1.84. The van der Waals surface area contributed by atoms with E-state index < -0.39 is 5.95 Å². The van der Waals surface area contributed by atoms with Crippen molar-refractivity contribution in [2.75, 3.05) is 7.05 Å². The van der Waals surface area contributed by atoms with Crippen molar-refractivity contribution in [3.63, 3.8) is 0 Å². The van der Waals surface area contributed by atoms with Gasteiger partial charge in [0, 0.05) is 31.3 Å². The van der Waals surface area contributed by atoms with E-state index in [0.717, 1.165) is 16.6 Å². The summed E-state index contributed by atoms with van der Waals surface area (Å²) < 4.78 is 14.9. The molecule has 0 amide bonds. The van der Waals surface area contributed by atoms with Crippen LogP contribution < -0.4 is 0 Å². The third kappa shape index (κ3) is 1.43. The van der Waals surface area contributed by atoms with Crippen LogP contribution in [-0.4, -0.2) is 22.8 Å². The molecule has 0 unspecified atom stereocenters. The Labute approximate surface area is 92.9 Å². The van der Waals surface area contributed by atoms with Crippen molar-refractivity contribution in [2.45, 2.75) is 0 Å². The normalized spacial score (nSPS) is 11.4. The van der Waals surface area contributed by atoms with Gasteiger partial charge in [-0.2, -0.15) is 4.39 Å². The average molecular weight is 217 g/mol. The van der Waals surface area contributed by atoms with E-state index in [-0.39, 0.29) is 0 Å². The van der Waals surface area contributed by atoms with Gasteiger partial charge in [0.15, 0.2) is 0 Å². The predicted octanol–water partition coefficient (Wildman–Crippen LogP) is 2.40. The Morgan fingerprint density at radius 3 is 2.88 bits per heavy atom. The first-order valence-corrected chi connectivity index (χ1v) is 4.88. The van der Waals surface area contributed by atoms with Gasteiger partial charge in [-0.15, -0.1) is 0 Å². The maximum atomic E-state index is 13.1. The van der Waals surface area contributed by atoms with Crippen molar-refractivity contribution in [1.82, 2.24) is 9.55 Å². The molecule has 82 valence electrons. The number of fused-ring (bicyclic) bond motifs is 1. The lowest BCUT2D eigenvalue weighted by molar-refractivity contribution is 0.586. The van der Waals surface area contributed by atoms with Gasteiger partial charge in [0.1, 0.15) is 5.65 Å². The van der Waals surface area contributed by atoms with E-state index in [1.807, 2.05) is 11.6 Å². The monoisotopic (exact) mass is 217 g/mol. The number of aromatic nitrogens is 2. The molecular weight excluding hydrogens is 205 g/mol. The summed E-state index contributed by atoms with van der Waals surface area (Å²) >= 11 is 0. The summed E-state index contributed by atoms with van der Waals surface area (Å²) in [5.74, 6) is -0.483. The number of pyridine rings is 1. The van der Waals surface area contributed by atoms with Crippen LogP contribution in [0, 0.1) is 5.95 Å². The first kappa shape index (κ1) is 10.5. The molecule has 2 rings (SSSR count). The molecule has 0 aromatic carbocycles. The molecule has 2 heterocycles. The van der Waals surface area contributed by atoms with E-state index in [9.17, 15) is 4.39 Å². The second-order valence-electron chi connectivity index (χ2n) is 3.45. The number of aliphatic imine (C=N–C) groups is 1. The molecule has 2 aromatic heterocycles. The molecule has 0 radical (unpaired) electrons. The van der Waals surface area contributed by atoms with E-state index in [1.54, 1.807) is 25.4 Å². The Morgan fingerprint density at radius 2 is 2.25 bits per heavy atom. The molecule has 16 heavy (non-hydrogen) atoms. The standard InChI is InChI=1S/C12H12FN3/c1-4-10-9(7-14-2)8-5-6-11(13)15-12(8)16(10)3/h4-7H,1H2,2-3H3. The van der Waals surface area contributed by atoms with Gasteiger partial charge in [-0.05, 0) is 18.2 Å². The van der Waals surface area contributed by atoms with Gasteiger partial charge >= 0.3 is 0 Å². The van der Waals surface area contributed by atoms with Gasteiger partial charge in [-0.3, -0.25) is 4.99 Å². The van der Waals surface area contributed by atoms with Crippen LogP contribution in [0.15, 0.2) is 23.7 Å². The van der Waals surface area contributed by atoms with Gasteiger partial charge in [0.05, 0.1) is 5.69 Å². The summed E-state index contributed by atoms with van der Waals surface area (Å²) in [6.07, 6.45) is 3.45. The zero-order valence-corrected chi connectivity index (χ0v) is 9.24. The minimum absolute atomic E-state index is 0.483. The zero-order chi connectivity index (χ0) is 11.7. The highest BCUT2D eigenvalue weighted by Gasteiger charge is 2.12. The molecule has 0 saturated carbocycles. The Balaban J connectivity index is 2.91. The summed E-state index contributed by atoms with van der Waals surface area (Å²) in [6, 6.07) is 3.06. The van der Waals surface area contributed by atoms with E-state index in [1.165, 1.54) is 6.07 Å². The van der Waals surface area contributed by atoms with Gasteiger partial charge < -0.3 is 4.57 Å². The van der Waals surface area contributed by atoms with Crippen molar-refractivity contribution >= 4 is 23.3 Å². The fraction of sp³-hybridized carbons (Fsp3) is 0.167. The van der Waals surface area contributed by atoms with Crippen molar-refractivity contribution in [3.8, 4) is 0 Å². The Morgan fingerprint density at radius 1 is 1.50 bits per heavy atom. The van der Waals surface area contributed by atoms with Crippen LogP contribution in [0.3, 0.4) is 0 Å². The molecule has 3 nitrogen and oxygen atoms in total. The molecule has 0 aliphatic rings. The molecule has 0 atom stereocenters. The molecule has 4 heteroatoms. The minimum atomic E-state index is -0.483. The number of nitrogens with zero attached hydrogens (tertiary/aromatic N) is 3. The SMILES string of the molecule is C=Cc1c(C=NC)c2ccc(F)nc2n1C. The Bertz CT molecular complexity index is 581. The second-order valence-corrected chi connectivity index (χ2v) is 3.45. The molecule has 0 bridgehead atoms. The predicted molar refractivity (Wildman–Crippen MR) is 64.3 cm³/mol. The number of aryl methyl sites for hydroxylation is 1. The van der Waals surface area contributed by atoms with E-state index >= 15 is 0 Å². The van der Waals surface area contributed by atoms with Crippen LogP contribution in [0.4, 0.5) is 4.39 Å². The summed E-state index contributed by atoms with van der Waals surface area (Å²) in [4.78, 5) is 7.87. The van der Waals surface area contributed by atoms with Crippen LogP contribution in [0.25, 0.3) is 17.1 Å². The quantitative estimate of drug-likeness (QED) is 0.561. The first-order chi connectivity index (χ1) is 7.69. The Kier molecular flexibility index (Phi) is 2.56. The lowest BCUT2D eigenvalue weighted by Crippen LogP contribution is -1.94. The molecule has 0 N–H and O–H groups in total. The number of halogens is 1. The van der Waals surface area contributed by atoms with E-state index in [0.29, 0.717) is 5.65 Å². The van der Waals surface area contributed by atoms with Gasteiger partial charge in [-0.1, -0.05) is 6.58 Å². The van der Waals surface area contributed by atoms with Crippen LogP contribution in [0.2, 0.25) is 0 Å². The molecule has 0 saturated heterocycles. The average Bonchev–Trinajstić information content (AvgIpc) is 2.53. The molecule has 0 spiro atoms. The molecule has 0 aliphatic carbocycles. The van der Waals surface area contributed by atoms with Crippen molar-refractivity contribution in [1.29, 1.82) is 0 Å². The van der Waals surface area contributed by atoms with E-state index in [2.05, 4.69) is 16.6 Å². The second kappa shape index (κ2) is 3.89. The summed E-state index contributed by atoms with van der Waals surface area (Å²) in [7, 11) is 3.53. The fourth-order valence-electron chi connectivity index (χ4n) is 1.84. The number of rotatable bonds is 2. The summed E-state index contributed by atoms with van der Waals surface area (Å²) in [5.41, 5.74) is 2.41. The van der Waals surface area contributed by atoms with Crippen LogP contribution in [0.5, 0.6) is 0 Å².